The van der Waals surface area contributed by atoms with Crippen LogP contribution >= 0.6 is 34.4 Å². The first kappa shape index (κ1) is 15.0. The van der Waals surface area contributed by atoms with E-state index >= 15 is 0 Å². The molecule has 1 aromatic heterocycles. The third-order valence-electron chi connectivity index (χ3n) is 3.82. The fraction of sp³-hybridized carbons (Fsp3) is 0.400. The Morgan fingerprint density at radius 1 is 1.38 bits per heavy atom. The second-order valence-electron chi connectivity index (χ2n) is 5.22. The summed E-state index contributed by atoms with van der Waals surface area (Å²) in [7, 11) is 0. The maximum Gasteiger partial charge on any atom is 0.240 e. The fourth-order valence-electron chi connectivity index (χ4n) is 2.29. The molecular weight excluding hydrogens is 397 g/mol. The summed E-state index contributed by atoms with van der Waals surface area (Å²) in [5.41, 5.74) is 1.75. The van der Waals surface area contributed by atoms with E-state index in [0.29, 0.717) is 14.6 Å². The molecule has 2 aromatic rings. The van der Waals surface area contributed by atoms with Crippen LogP contribution in [0, 0.1) is 3.70 Å². The van der Waals surface area contributed by atoms with Crippen LogP contribution in [0.4, 0.5) is 0 Å². The van der Waals surface area contributed by atoms with Crippen molar-refractivity contribution in [1.82, 2.24) is 15.0 Å². The minimum atomic E-state index is 0.00292. The van der Waals surface area contributed by atoms with Crippen LogP contribution < -0.4 is 0 Å². The molecule has 0 N–H and O–H groups in total. The predicted molar refractivity (Wildman–Crippen MR) is 92.6 cm³/mol. The Morgan fingerprint density at radius 3 is 2.71 bits per heavy atom. The zero-order valence-electron chi connectivity index (χ0n) is 11.7. The molecule has 0 spiro atoms. The topological polar surface area (TPSA) is 47.8 Å². The average molecular weight is 413 g/mol. The number of hydrogen-bond donors (Lipinski definition) is 0. The minimum absolute atomic E-state index is 0.00292. The number of thioether (sulfide) groups is 1. The zero-order valence-corrected chi connectivity index (χ0v) is 14.7. The fourth-order valence-corrected chi connectivity index (χ4v) is 4.24. The lowest BCUT2D eigenvalue weighted by molar-refractivity contribution is 0.107. The van der Waals surface area contributed by atoms with E-state index in [1.165, 1.54) is 18.2 Å². The van der Waals surface area contributed by atoms with Crippen LogP contribution in [0.25, 0.3) is 0 Å². The molecule has 1 atom stereocenters. The molecular formula is C15H16IN3OS. The molecule has 4 nitrogen and oxygen atoms in total. The van der Waals surface area contributed by atoms with Gasteiger partial charge in [-0.15, -0.1) is 5.10 Å². The van der Waals surface area contributed by atoms with Gasteiger partial charge in [0.2, 0.25) is 5.12 Å². The summed E-state index contributed by atoms with van der Waals surface area (Å²) in [6.45, 7) is 2.05. The summed E-state index contributed by atoms with van der Waals surface area (Å²) in [5.74, 6) is 0. The molecule has 0 unspecified atom stereocenters. The van der Waals surface area contributed by atoms with Crippen LogP contribution in [0.1, 0.15) is 48.3 Å². The monoisotopic (exact) mass is 413 g/mol. The average Bonchev–Trinajstić information content (AvgIpc) is 2.84. The van der Waals surface area contributed by atoms with Crippen LogP contribution in [0.5, 0.6) is 0 Å². The summed E-state index contributed by atoms with van der Waals surface area (Å²) in [6.07, 6.45) is 3.52. The Hall–Kier alpha value is -0.890. The van der Waals surface area contributed by atoms with Gasteiger partial charge in [-0.05, 0) is 47.9 Å². The summed E-state index contributed by atoms with van der Waals surface area (Å²) in [4.78, 5) is 12.5. The van der Waals surface area contributed by atoms with Crippen molar-refractivity contribution < 1.29 is 4.79 Å². The molecule has 6 heteroatoms. The smallest absolute Gasteiger partial charge is 0.240 e. The molecule has 0 radical (unpaired) electrons. The maximum atomic E-state index is 12.5. The highest BCUT2D eigenvalue weighted by Gasteiger charge is 2.28. The normalized spacial score (nSPS) is 16.5. The van der Waals surface area contributed by atoms with Crippen LogP contribution in [-0.4, -0.2) is 25.4 Å². The SMILES string of the molecule is C[C@H](c1ccccc1)n1nnc(I)c1C(=O)SC1CCC1. The van der Waals surface area contributed by atoms with Crippen LogP contribution in [0.3, 0.4) is 0 Å². The van der Waals surface area contributed by atoms with Crippen molar-refractivity contribution in [2.24, 2.45) is 0 Å². The number of nitrogens with zero attached hydrogens (tertiary/aromatic N) is 3. The number of hydrogen-bond acceptors (Lipinski definition) is 4. The number of benzene rings is 1. The Balaban J connectivity index is 1.87. The molecule has 110 valence electrons. The Labute approximate surface area is 141 Å². The second kappa shape index (κ2) is 6.48. The first-order valence-electron chi connectivity index (χ1n) is 7.03. The van der Waals surface area contributed by atoms with Crippen molar-refractivity contribution in [2.45, 2.75) is 37.5 Å². The van der Waals surface area contributed by atoms with E-state index in [2.05, 4.69) is 32.9 Å². The van der Waals surface area contributed by atoms with Gasteiger partial charge in [-0.3, -0.25) is 4.79 Å². The Kier molecular flexibility index (Phi) is 4.63. The van der Waals surface area contributed by atoms with Gasteiger partial charge < -0.3 is 0 Å². The van der Waals surface area contributed by atoms with Gasteiger partial charge in [0, 0.05) is 5.25 Å². The number of carbonyl (C=O) groups is 1. The zero-order chi connectivity index (χ0) is 14.8. The van der Waals surface area contributed by atoms with Crippen molar-refractivity contribution in [3.63, 3.8) is 0 Å². The first-order chi connectivity index (χ1) is 10.2. The molecule has 0 bridgehead atoms. The lowest BCUT2D eigenvalue weighted by Gasteiger charge is -2.24. The van der Waals surface area contributed by atoms with Crippen LogP contribution in [-0.2, 0) is 0 Å². The lowest BCUT2D eigenvalue weighted by atomic mass is 10.0. The first-order valence-corrected chi connectivity index (χ1v) is 8.99. The molecule has 1 aromatic carbocycles. The van der Waals surface area contributed by atoms with Crippen molar-refractivity contribution >= 4 is 39.5 Å². The van der Waals surface area contributed by atoms with Crippen molar-refractivity contribution in [3.8, 4) is 0 Å². The molecule has 21 heavy (non-hydrogen) atoms. The molecule has 1 fully saturated rings. The highest BCUT2D eigenvalue weighted by atomic mass is 127. The predicted octanol–water partition coefficient (Wildman–Crippen LogP) is 3.92. The molecule has 0 saturated heterocycles. The quantitative estimate of drug-likeness (QED) is 0.714. The highest BCUT2D eigenvalue weighted by Crippen LogP contribution is 2.34. The van der Waals surface area contributed by atoms with E-state index in [9.17, 15) is 4.79 Å². The van der Waals surface area contributed by atoms with E-state index in [4.69, 9.17) is 0 Å². The molecule has 3 rings (SSSR count). The number of aromatic nitrogens is 3. The molecule has 1 saturated carbocycles. The number of rotatable bonds is 4. The van der Waals surface area contributed by atoms with Gasteiger partial charge in [0.1, 0.15) is 5.69 Å². The van der Waals surface area contributed by atoms with E-state index in [0.717, 1.165) is 18.4 Å². The molecule has 1 aliphatic rings. The second-order valence-corrected chi connectivity index (χ2v) is 7.51. The van der Waals surface area contributed by atoms with Gasteiger partial charge in [0.05, 0.1) is 6.04 Å². The van der Waals surface area contributed by atoms with Crippen molar-refractivity contribution in [3.05, 3.63) is 45.3 Å². The third kappa shape index (κ3) is 3.15. The molecule has 1 aliphatic carbocycles. The van der Waals surface area contributed by atoms with E-state index in [-0.39, 0.29) is 11.2 Å². The summed E-state index contributed by atoms with van der Waals surface area (Å²) in [6, 6.07) is 10.1. The Bertz CT molecular complexity index is 640. The highest BCUT2D eigenvalue weighted by molar-refractivity contribution is 14.1. The number of carbonyl (C=O) groups excluding carboxylic acids is 1. The third-order valence-corrected chi connectivity index (χ3v) is 5.76. The maximum absolute atomic E-state index is 12.5. The van der Waals surface area contributed by atoms with Crippen LogP contribution in [0.15, 0.2) is 30.3 Å². The largest absolute Gasteiger partial charge is 0.280 e. The Morgan fingerprint density at radius 2 is 2.10 bits per heavy atom. The molecule has 0 aliphatic heterocycles. The summed E-state index contributed by atoms with van der Waals surface area (Å²) >= 11 is 3.54. The summed E-state index contributed by atoms with van der Waals surface area (Å²) < 4.78 is 2.44. The van der Waals surface area contributed by atoms with Gasteiger partial charge in [-0.25, -0.2) is 4.68 Å². The lowest BCUT2D eigenvalue weighted by Crippen LogP contribution is -2.20. The standard InChI is InChI=1S/C15H16IN3OS/c1-10(11-6-3-2-4-7-11)19-13(14(16)17-18-19)15(20)21-12-8-5-9-12/h2-4,6-7,10,12H,5,8-9H2,1H3/t10-/m1/s1. The van der Waals surface area contributed by atoms with Gasteiger partial charge in [-0.1, -0.05) is 53.7 Å². The van der Waals surface area contributed by atoms with Crippen LogP contribution in [0.2, 0.25) is 0 Å². The van der Waals surface area contributed by atoms with Gasteiger partial charge >= 0.3 is 0 Å². The van der Waals surface area contributed by atoms with E-state index in [1.54, 1.807) is 4.68 Å². The molecule has 0 amide bonds. The van der Waals surface area contributed by atoms with Gasteiger partial charge in [0.15, 0.2) is 3.70 Å². The van der Waals surface area contributed by atoms with Gasteiger partial charge in [-0.2, -0.15) is 0 Å². The summed E-state index contributed by atoms with van der Waals surface area (Å²) in [5, 5.41) is 8.86. The molecule has 1 heterocycles. The van der Waals surface area contributed by atoms with E-state index in [1.807, 2.05) is 37.3 Å². The van der Waals surface area contributed by atoms with E-state index < -0.39 is 0 Å². The number of halogens is 1. The van der Waals surface area contributed by atoms with Gasteiger partial charge in [0.25, 0.3) is 0 Å². The van der Waals surface area contributed by atoms with Crippen molar-refractivity contribution in [1.29, 1.82) is 0 Å². The van der Waals surface area contributed by atoms with Crippen molar-refractivity contribution in [2.75, 3.05) is 0 Å². The minimum Gasteiger partial charge on any atom is -0.280 e.